The van der Waals surface area contributed by atoms with Crippen LogP contribution in [0.2, 0.25) is 5.02 Å². The lowest BCUT2D eigenvalue weighted by Crippen LogP contribution is -2.39. The van der Waals surface area contributed by atoms with Crippen molar-refractivity contribution in [3.63, 3.8) is 0 Å². The van der Waals surface area contributed by atoms with E-state index >= 15 is 0 Å². The van der Waals surface area contributed by atoms with Crippen LogP contribution in [0.25, 0.3) is 10.9 Å². The molecule has 1 amide bonds. The van der Waals surface area contributed by atoms with E-state index in [0.717, 1.165) is 16.6 Å². The highest BCUT2D eigenvalue weighted by Gasteiger charge is 2.37. The Morgan fingerprint density at radius 2 is 1.55 bits per heavy atom. The van der Waals surface area contributed by atoms with Crippen molar-refractivity contribution in [2.24, 2.45) is 0 Å². The van der Waals surface area contributed by atoms with E-state index < -0.39 is 0 Å². The number of amides is 1. The Kier molecular flexibility index (Phi) is 4.42. The third kappa shape index (κ3) is 3.03. The summed E-state index contributed by atoms with van der Waals surface area (Å²) in [5.41, 5.74) is 2.53. The summed E-state index contributed by atoms with van der Waals surface area (Å²) in [7, 11) is 0. The molecule has 4 nitrogen and oxygen atoms in total. The summed E-state index contributed by atoms with van der Waals surface area (Å²) in [5, 5.41) is 0.989. The fraction of sp³-hybridized carbons (Fsp3) is 0.0435. The van der Waals surface area contributed by atoms with E-state index in [4.69, 9.17) is 11.6 Å². The van der Waals surface area contributed by atoms with E-state index in [1.807, 2.05) is 66.7 Å². The molecule has 0 bridgehead atoms. The molecule has 1 aliphatic heterocycles. The van der Waals surface area contributed by atoms with Gasteiger partial charge in [0.15, 0.2) is 0 Å². The molecule has 6 heteroatoms. The topological polar surface area (TPSA) is 53.2 Å². The van der Waals surface area contributed by atoms with E-state index in [1.54, 1.807) is 17.0 Å². The van der Waals surface area contributed by atoms with E-state index in [2.05, 4.69) is 4.98 Å². The third-order valence-corrected chi connectivity index (χ3v) is 6.55. The fourth-order valence-corrected chi connectivity index (χ4v) is 5.07. The van der Waals surface area contributed by atoms with Crippen LogP contribution in [-0.2, 0) is 0 Å². The third-order valence-electron chi connectivity index (χ3n) is 4.96. The molecular formula is C23H15ClN2O2S. The van der Waals surface area contributed by atoms with Gasteiger partial charge < -0.3 is 4.98 Å². The van der Waals surface area contributed by atoms with Crippen molar-refractivity contribution in [3.05, 3.63) is 105 Å². The second-order valence-corrected chi connectivity index (χ2v) is 8.26. The molecule has 3 aromatic carbocycles. The van der Waals surface area contributed by atoms with Gasteiger partial charge in [0.2, 0.25) is 0 Å². The van der Waals surface area contributed by atoms with Crippen LogP contribution in [0.15, 0.2) is 88.6 Å². The molecule has 142 valence electrons. The number of aromatic amines is 1. The summed E-state index contributed by atoms with van der Waals surface area (Å²) in [6.45, 7) is 0. The number of hydrogen-bond acceptors (Lipinski definition) is 3. The molecular weight excluding hydrogens is 404 g/mol. The largest absolute Gasteiger partial charge is 0.321 e. The van der Waals surface area contributed by atoms with Crippen LogP contribution in [0.4, 0.5) is 5.69 Å². The van der Waals surface area contributed by atoms with Gasteiger partial charge in [0.25, 0.3) is 11.5 Å². The van der Waals surface area contributed by atoms with Gasteiger partial charge >= 0.3 is 0 Å². The standard InChI is InChI=1S/C23H15ClN2O2S/c24-15-12-10-14(11-13-15)23-26(16-6-2-1-3-7-16)22(28)19-17-8-4-5-9-18(17)25-21(27)20(19)29-23/h1-13,23H,(H,25,27). The smallest absolute Gasteiger partial charge is 0.263 e. The maximum absolute atomic E-state index is 13.8. The molecule has 5 rings (SSSR count). The molecule has 0 fully saturated rings. The van der Waals surface area contributed by atoms with Gasteiger partial charge in [0.05, 0.1) is 10.5 Å². The number of carbonyl (C=O) groups excluding carboxylic acids is 1. The molecule has 2 heterocycles. The molecule has 29 heavy (non-hydrogen) atoms. The molecule has 0 saturated carbocycles. The molecule has 1 atom stereocenters. The Labute approximate surface area is 176 Å². The second-order valence-electron chi connectivity index (χ2n) is 6.74. The molecule has 0 saturated heterocycles. The number of anilines is 1. The lowest BCUT2D eigenvalue weighted by molar-refractivity contribution is 0.0980. The van der Waals surface area contributed by atoms with Gasteiger partial charge in [-0.25, -0.2) is 0 Å². The number of aromatic nitrogens is 1. The van der Waals surface area contributed by atoms with Crippen molar-refractivity contribution in [2.75, 3.05) is 4.90 Å². The highest BCUT2D eigenvalue weighted by molar-refractivity contribution is 7.99. The minimum Gasteiger partial charge on any atom is -0.321 e. The van der Waals surface area contributed by atoms with Gasteiger partial charge in [-0.1, -0.05) is 71.9 Å². The van der Waals surface area contributed by atoms with E-state index in [1.165, 1.54) is 11.8 Å². The molecule has 0 spiro atoms. The number of rotatable bonds is 2. The van der Waals surface area contributed by atoms with Crippen molar-refractivity contribution < 1.29 is 4.79 Å². The number of nitrogens with one attached hydrogen (secondary N) is 1. The number of carbonyl (C=O) groups is 1. The average molecular weight is 419 g/mol. The van der Waals surface area contributed by atoms with E-state index in [-0.39, 0.29) is 16.8 Å². The van der Waals surface area contributed by atoms with Crippen LogP contribution in [0, 0.1) is 0 Å². The molecule has 1 aliphatic rings. The first kappa shape index (κ1) is 18.0. The maximum Gasteiger partial charge on any atom is 0.263 e. The van der Waals surface area contributed by atoms with Crippen LogP contribution in [0.5, 0.6) is 0 Å². The van der Waals surface area contributed by atoms with Gasteiger partial charge in [-0.3, -0.25) is 14.5 Å². The van der Waals surface area contributed by atoms with Crippen LogP contribution in [0.1, 0.15) is 21.3 Å². The Hall–Kier alpha value is -3.02. The first-order valence-corrected chi connectivity index (χ1v) is 10.3. The van der Waals surface area contributed by atoms with Gasteiger partial charge in [-0.15, -0.1) is 0 Å². The maximum atomic E-state index is 13.8. The van der Waals surface area contributed by atoms with Crippen molar-refractivity contribution in [3.8, 4) is 0 Å². The summed E-state index contributed by atoms with van der Waals surface area (Å²) < 4.78 is 0. The van der Waals surface area contributed by atoms with Crippen LogP contribution in [-0.4, -0.2) is 10.9 Å². The van der Waals surface area contributed by atoms with Crippen molar-refractivity contribution in [1.82, 2.24) is 4.98 Å². The Morgan fingerprint density at radius 3 is 2.31 bits per heavy atom. The Bertz CT molecular complexity index is 1290. The zero-order chi connectivity index (χ0) is 20.0. The van der Waals surface area contributed by atoms with Gasteiger partial charge in [0.1, 0.15) is 5.37 Å². The highest BCUT2D eigenvalue weighted by Crippen LogP contribution is 2.46. The number of para-hydroxylation sites is 2. The number of pyridine rings is 1. The number of hydrogen-bond donors (Lipinski definition) is 1. The molecule has 1 aromatic heterocycles. The summed E-state index contributed by atoms with van der Waals surface area (Å²) in [4.78, 5) is 31.7. The first-order chi connectivity index (χ1) is 14.1. The Balaban J connectivity index is 1.77. The molecule has 0 aliphatic carbocycles. The number of fused-ring (bicyclic) bond motifs is 3. The highest BCUT2D eigenvalue weighted by atomic mass is 35.5. The quantitative estimate of drug-likeness (QED) is 0.458. The van der Waals surface area contributed by atoms with Crippen molar-refractivity contribution >= 4 is 45.9 Å². The predicted octanol–water partition coefficient (Wildman–Crippen LogP) is 5.63. The summed E-state index contributed by atoms with van der Waals surface area (Å²) in [6.07, 6.45) is 0. The van der Waals surface area contributed by atoms with Gasteiger partial charge in [0, 0.05) is 21.6 Å². The summed E-state index contributed by atoms with van der Waals surface area (Å²) in [5.74, 6) is -0.188. The fourth-order valence-electron chi connectivity index (χ4n) is 3.63. The predicted molar refractivity (Wildman–Crippen MR) is 118 cm³/mol. The number of benzene rings is 3. The van der Waals surface area contributed by atoms with Crippen molar-refractivity contribution in [1.29, 1.82) is 0 Å². The van der Waals surface area contributed by atoms with Gasteiger partial charge in [-0.2, -0.15) is 0 Å². The monoisotopic (exact) mass is 418 g/mol. The second kappa shape index (κ2) is 7.10. The van der Waals surface area contributed by atoms with Crippen LogP contribution >= 0.6 is 23.4 Å². The van der Waals surface area contributed by atoms with Crippen LogP contribution in [0.3, 0.4) is 0 Å². The minimum absolute atomic E-state index is 0.188. The Morgan fingerprint density at radius 1 is 0.862 bits per heavy atom. The number of thioether (sulfide) groups is 1. The normalized spacial score (nSPS) is 16.1. The summed E-state index contributed by atoms with van der Waals surface area (Å²) in [6, 6.07) is 24.3. The zero-order valence-electron chi connectivity index (χ0n) is 15.1. The first-order valence-electron chi connectivity index (χ1n) is 9.09. The molecule has 0 radical (unpaired) electrons. The minimum atomic E-state index is -0.378. The van der Waals surface area contributed by atoms with Gasteiger partial charge in [-0.05, 0) is 35.9 Å². The lowest BCUT2D eigenvalue weighted by atomic mass is 10.1. The van der Waals surface area contributed by atoms with E-state index in [0.29, 0.717) is 21.0 Å². The van der Waals surface area contributed by atoms with Crippen molar-refractivity contribution in [2.45, 2.75) is 10.3 Å². The van der Waals surface area contributed by atoms with Crippen LogP contribution < -0.4 is 10.5 Å². The zero-order valence-corrected chi connectivity index (χ0v) is 16.7. The lowest BCUT2D eigenvalue weighted by Gasteiger charge is -2.36. The summed E-state index contributed by atoms with van der Waals surface area (Å²) >= 11 is 7.44. The number of halogens is 1. The SMILES string of the molecule is O=C1c2c(c(=O)[nH]c3ccccc23)SC(c2ccc(Cl)cc2)N1c1ccccc1. The molecule has 4 aromatic rings. The average Bonchev–Trinajstić information content (AvgIpc) is 2.75. The van der Waals surface area contributed by atoms with E-state index in [9.17, 15) is 9.59 Å². The molecule has 1 N–H and O–H groups in total. The molecule has 1 unspecified atom stereocenters. The number of nitrogens with zero attached hydrogens (tertiary/aromatic N) is 1. The number of H-pyrrole nitrogens is 1.